The number of aryl methyl sites for hydroxylation is 1. The van der Waals surface area contributed by atoms with Crippen molar-refractivity contribution in [2.75, 3.05) is 31.1 Å². The summed E-state index contributed by atoms with van der Waals surface area (Å²) in [5, 5.41) is 4.64. The molecule has 1 N–H and O–H groups in total. The van der Waals surface area contributed by atoms with Crippen molar-refractivity contribution in [3.8, 4) is 0 Å². The molecule has 1 saturated heterocycles. The van der Waals surface area contributed by atoms with Crippen LogP contribution in [-0.4, -0.2) is 31.2 Å². The number of piperazine rings is 1. The van der Waals surface area contributed by atoms with E-state index in [1.54, 1.807) is 0 Å². The highest BCUT2D eigenvalue weighted by Gasteiger charge is 2.14. The lowest BCUT2D eigenvalue weighted by atomic mass is 10.1. The van der Waals surface area contributed by atoms with Gasteiger partial charge in [-0.1, -0.05) is 15.9 Å². The fourth-order valence-corrected chi connectivity index (χ4v) is 2.82. The first-order valence-electron chi connectivity index (χ1n) is 6.27. The van der Waals surface area contributed by atoms with Crippen LogP contribution in [0.5, 0.6) is 0 Å². The Kier molecular flexibility index (Phi) is 4.66. The summed E-state index contributed by atoms with van der Waals surface area (Å²) < 4.78 is 1.12. The largest absolute Gasteiger partial charge is 0.368 e. The number of nitrogens with one attached hydrogen (secondary N) is 1. The predicted octanol–water partition coefficient (Wildman–Crippen LogP) is 3.14. The van der Waals surface area contributed by atoms with E-state index < -0.39 is 0 Å². The molecular weight excluding hydrogens is 326 g/mol. The third kappa shape index (κ3) is 2.71. The van der Waals surface area contributed by atoms with Gasteiger partial charge in [0, 0.05) is 47.9 Å². The molecule has 1 aliphatic rings. The number of anilines is 1. The minimum Gasteiger partial charge on any atom is -0.368 e. The molecule has 2 heterocycles. The van der Waals surface area contributed by atoms with E-state index in [9.17, 15) is 0 Å². The molecule has 102 valence electrons. The summed E-state index contributed by atoms with van der Waals surface area (Å²) in [6, 6.07) is 6.41. The van der Waals surface area contributed by atoms with Gasteiger partial charge >= 0.3 is 0 Å². The fraction of sp³-hybridized carbons (Fsp3) is 0.357. The summed E-state index contributed by atoms with van der Waals surface area (Å²) in [6.45, 7) is 6.35. The number of aromatic nitrogens is 1. The van der Waals surface area contributed by atoms with E-state index in [-0.39, 0.29) is 12.4 Å². The van der Waals surface area contributed by atoms with Crippen LogP contribution in [0.4, 0.5) is 5.69 Å². The van der Waals surface area contributed by atoms with E-state index in [4.69, 9.17) is 0 Å². The lowest BCUT2D eigenvalue weighted by molar-refractivity contribution is 0.590. The molecule has 1 aromatic carbocycles. The number of pyridine rings is 1. The van der Waals surface area contributed by atoms with Crippen molar-refractivity contribution in [3.63, 3.8) is 0 Å². The fourth-order valence-electron chi connectivity index (χ4n) is 2.50. The van der Waals surface area contributed by atoms with E-state index in [2.05, 4.69) is 56.3 Å². The van der Waals surface area contributed by atoms with Crippen molar-refractivity contribution in [1.82, 2.24) is 10.3 Å². The van der Waals surface area contributed by atoms with E-state index >= 15 is 0 Å². The quantitative estimate of drug-likeness (QED) is 0.863. The van der Waals surface area contributed by atoms with Crippen LogP contribution in [0.1, 0.15) is 5.56 Å². The van der Waals surface area contributed by atoms with E-state index in [1.807, 2.05) is 6.20 Å². The Bertz CT molecular complexity index is 582. The van der Waals surface area contributed by atoms with Crippen molar-refractivity contribution >= 4 is 44.9 Å². The molecule has 0 spiro atoms. The molecule has 3 nitrogen and oxygen atoms in total. The number of hydrogen-bond donors (Lipinski definition) is 1. The Morgan fingerprint density at radius 2 is 1.95 bits per heavy atom. The van der Waals surface area contributed by atoms with Crippen molar-refractivity contribution in [2.24, 2.45) is 0 Å². The van der Waals surface area contributed by atoms with Crippen LogP contribution in [-0.2, 0) is 0 Å². The SMILES string of the molecule is Cc1c(Br)ccc2c(N3CCNCC3)ccnc12.Cl. The number of rotatable bonds is 1. The Balaban J connectivity index is 0.00000133. The first-order chi connectivity index (χ1) is 8.77. The van der Waals surface area contributed by atoms with Crippen LogP contribution in [0.2, 0.25) is 0 Å². The lowest BCUT2D eigenvalue weighted by Gasteiger charge is -2.30. The molecule has 0 bridgehead atoms. The molecule has 0 atom stereocenters. The van der Waals surface area contributed by atoms with E-state index in [1.165, 1.54) is 16.6 Å². The lowest BCUT2D eigenvalue weighted by Crippen LogP contribution is -2.43. The van der Waals surface area contributed by atoms with Gasteiger partial charge in [0.15, 0.2) is 0 Å². The van der Waals surface area contributed by atoms with E-state index in [0.717, 1.165) is 36.2 Å². The number of hydrogen-bond acceptors (Lipinski definition) is 3. The standard InChI is InChI=1S/C14H16BrN3.ClH/c1-10-12(15)3-2-11-13(4-5-17-14(10)11)18-8-6-16-7-9-18;/h2-5,16H,6-9H2,1H3;1H. The summed E-state index contributed by atoms with van der Waals surface area (Å²) in [6.07, 6.45) is 1.92. The van der Waals surface area contributed by atoms with Gasteiger partial charge in [0.1, 0.15) is 0 Å². The van der Waals surface area contributed by atoms with Crippen LogP contribution in [0, 0.1) is 6.92 Å². The average molecular weight is 343 g/mol. The topological polar surface area (TPSA) is 28.2 Å². The maximum absolute atomic E-state index is 4.52. The van der Waals surface area contributed by atoms with Crippen LogP contribution < -0.4 is 10.2 Å². The van der Waals surface area contributed by atoms with Gasteiger partial charge in [-0.25, -0.2) is 0 Å². The second-order valence-corrected chi connectivity index (χ2v) is 5.49. The van der Waals surface area contributed by atoms with Gasteiger partial charge in [0.2, 0.25) is 0 Å². The molecule has 0 aliphatic carbocycles. The minimum absolute atomic E-state index is 0. The molecule has 0 unspecified atom stereocenters. The molecule has 5 heteroatoms. The van der Waals surface area contributed by atoms with Crippen molar-refractivity contribution in [3.05, 3.63) is 34.4 Å². The molecular formula is C14H17BrClN3. The predicted molar refractivity (Wildman–Crippen MR) is 86.5 cm³/mol. The maximum atomic E-state index is 4.52. The molecule has 19 heavy (non-hydrogen) atoms. The maximum Gasteiger partial charge on any atom is 0.0763 e. The van der Waals surface area contributed by atoms with Crippen LogP contribution >= 0.6 is 28.3 Å². The minimum atomic E-state index is 0. The zero-order valence-electron chi connectivity index (χ0n) is 10.8. The van der Waals surface area contributed by atoms with Gasteiger partial charge in [-0.2, -0.15) is 0 Å². The summed E-state index contributed by atoms with van der Waals surface area (Å²) in [5.41, 5.74) is 3.61. The monoisotopic (exact) mass is 341 g/mol. The zero-order chi connectivity index (χ0) is 12.5. The van der Waals surface area contributed by atoms with Gasteiger partial charge in [0.25, 0.3) is 0 Å². The average Bonchev–Trinajstić information content (AvgIpc) is 2.43. The van der Waals surface area contributed by atoms with Crippen LogP contribution in [0.3, 0.4) is 0 Å². The Morgan fingerprint density at radius 3 is 2.68 bits per heavy atom. The second kappa shape index (κ2) is 6.07. The van der Waals surface area contributed by atoms with Crippen LogP contribution in [0.15, 0.2) is 28.9 Å². The van der Waals surface area contributed by atoms with Crippen molar-refractivity contribution in [2.45, 2.75) is 6.92 Å². The summed E-state index contributed by atoms with van der Waals surface area (Å²) >= 11 is 3.57. The molecule has 1 aromatic heterocycles. The van der Waals surface area contributed by atoms with Gasteiger partial charge in [-0.05, 0) is 30.7 Å². The highest BCUT2D eigenvalue weighted by Crippen LogP contribution is 2.30. The van der Waals surface area contributed by atoms with Crippen molar-refractivity contribution in [1.29, 1.82) is 0 Å². The van der Waals surface area contributed by atoms with Crippen LogP contribution in [0.25, 0.3) is 10.9 Å². The highest BCUT2D eigenvalue weighted by molar-refractivity contribution is 9.10. The zero-order valence-corrected chi connectivity index (χ0v) is 13.2. The molecule has 1 aliphatic heterocycles. The third-order valence-corrected chi connectivity index (χ3v) is 4.39. The third-order valence-electron chi connectivity index (χ3n) is 3.53. The first kappa shape index (κ1) is 14.6. The number of fused-ring (bicyclic) bond motifs is 1. The Labute approximate surface area is 127 Å². The smallest absolute Gasteiger partial charge is 0.0763 e. The van der Waals surface area contributed by atoms with Gasteiger partial charge in [-0.15, -0.1) is 12.4 Å². The molecule has 3 rings (SSSR count). The number of nitrogens with zero attached hydrogens (tertiary/aromatic N) is 2. The summed E-state index contributed by atoms with van der Waals surface area (Å²) in [4.78, 5) is 6.96. The second-order valence-electron chi connectivity index (χ2n) is 4.64. The molecule has 0 amide bonds. The molecule has 0 radical (unpaired) electrons. The van der Waals surface area contributed by atoms with Gasteiger partial charge < -0.3 is 10.2 Å². The number of benzene rings is 1. The highest BCUT2D eigenvalue weighted by atomic mass is 79.9. The Morgan fingerprint density at radius 1 is 1.21 bits per heavy atom. The first-order valence-corrected chi connectivity index (χ1v) is 7.06. The summed E-state index contributed by atoms with van der Waals surface area (Å²) in [5.74, 6) is 0. The molecule has 2 aromatic rings. The molecule has 0 saturated carbocycles. The van der Waals surface area contributed by atoms with Gasteiger partial charge in [0.05, 0.1) is 5.52 Å². The number of halogens is 2. The van der Waals surface area contributed by atoms with Gasteiger partial charge in [-0.3, -0.25) is 4.98 Å². The van der Waals surface area contributed by atoms with E-state index in [0.29, 0.717) is 0 Å². The Hall–Kier alpha value is -0.840. The normalized spacial score (nSPS) is 15.4. The molecule has 1 fully saturated rings. The van der Waals surface area contributed by atoms with Crippen molar-refractivity contribution < 1.29 is 0 Å². The summed E-state index contributed by atoms with van der Waals surface area (Å²) in [7, 11) is 0.